The van der Waals surface area contributed by atoms with Crippen LogP contribution in [0.15, 0.2) is 47.0 Å². The van der Waals surface area contributed by atoms with Crippen molar-refractivity contribution in [3.8, 4) is 0 Å². The van der Waals surface area contributed by atoms with E-state index in [1.54, 1.807) is 6.26 Å². The molecule has 0 unspecified atom stereocenters. The smallest absolute Gasteiger partial charge is 0.165 e. The first-order chi connectivity index (χ1) is 14.7. The summed E-state index contributed by atoms with van der Waals surface area (Å²) in [5, 5.41) is 0. The average Bonchev–Trinajstić information content (AvgIpc) is 3.47. The number of allylic oxidation sites excluding steroid dienone is 2. The Labute approximate surface area is 181 Å². The molecule has 2 saturated carbocycles. The molecule has 1 aromatic heterocycles. The number of epoxide rings is 2. The Morgan fingerprint density at radius 2 is 1.87 bits per heavy atom. The van der Waals surface area contributed by atoms with Gasteiger partial charge in [-0.05, 0) is 49.5 Å². The molecule has 4 heterocycles. The standard InChI is InChI=1S/C26H28O5/c1-21-7-5-17(27)24(4)20(21)16(29-13-21)10-23(3)25-18(30-25)9-15(14-6-8-28-12-14)22(25,2)11-19-26(23,24)31-19/h5-8,10,12,15,18-20H,9,11,13H2,1-4H3/t15-,18+,19-,20-,21+,22-,23-,24-,25+,26-/m0/s1. The van der Waals surface area contributed by atoms with E-state index in [1.165, 1.54) is 5.56 Å². The van der Waals surface area contributed by atoms with Crippen molar-refractivity contribution in [1.82, 2.24) is 0 Å². The van der Waals surface area contributed by atoms with Gasteiger partial charge in [0.25, 0.3) is 0 Å². The van der Waals surface area contributed by atoms with Gasteiger partial charge in [0, 0.05) is 16.7 Å². The van der Waals surface area contributed by atoms with Crippen LogP contribution in [0.4, 0.5) is 0 Å². The molecule has 0 N–H and O–H groups in total. The molecule has 8 rings (SSSR count). The van der Waals surface area contributed by atoms with Gasteiger partial charge >= 0.3 is 0 Å². The number of carbonyl (C=O) groups excluding carboxylic acids is 1. The molecule has 4 aliphatic carbocycles. The zero-order chi connectivity index (χ0) is 21.2. The van der Waals surface area contributed by atoms with E-state index in [1.807, 2.05) is 12.3 Å². The van der Waals surface area contributed by atoms with Crippen molar-refractivity contribution in [2.24, 2.45) is 27.6 Å². The van der Waals surface area contributed by atoms with Crippen molar-refractivity contribution in [3.05, 3.63) is 48.1 Å². The highest BCUT2D eigenvalue weighted by Crippen LogP contribution is 2.87. The maximum atomic E-state index is 13.7. The lowest BCUT2D eigenvalue weighted by atomic mass is 9.38. The van der Waals surface area contributed by atoms with E-state index in [9.17, 15) is 4.79 Å². The third-order valence-electron chi connectivity index (χ3n) is 11.0. The summed E-state index contributed by atoms with van der Waals surface area (Å²) in [7, 11) is 0. The number of hydrogen-bond acceptors (Lipinski definition) is 5. The second-order valence-corrected chi connectivity index (χ2v) is 12.0. The molecule has 7 aliphatic rings. The van der Waals surface area contributed by atoms with Gasteiger partial charge in [0.15, 0.2) is 5.78 Å². The summed E-state index contributed by atoms with van der Waals surface area (Å²) in [6.45, 7) is 9.67. The molecule has 2 spiro atoms. The Balaban J connectivity index is 1.38. The Kier molecular flexibility index (Phi) is 2.55. The average molecular weight is 421 g/mol. The van der Waals surface area contributed by atoms with Crippen molar-refractivity contribution in [2.45, 2.75) is 69.9 Å². The van der Waals surface area contributed by atoms with Crippen molar-refractivity contribution in [2.75, 3.05) is 6.61 Å². The maximum absolute atomic E-state index is 13.7. The minimum atomic E-state index is -0.642. The third-order valence-corrected chi connectivity index (χ3v) is 11.0. The summed E-state index contributed by atoms with van der Waals surface area (Å²) in [6.07, 6.45) is 12.0. The first-order valence-corrected chi connectivity index (χ1v) is 11.6. The zero-order valence-corrected chi connectivity index (χ0v) is 18.4. The Morgan fingerprint density at radius 1 is 1.06 bits per heavy atom. The molecule has 5 fully saturated rings. The van der Waals surface area contributed by atoms with Gasteiger partial charge in [0.2, 0.25) is 0 Å². The summed E-state index contributed by atoms with van der Waals surface area (Å²) >= 11 is 0. The van der Waals surface area contributed by atoms with Crippen LogP contribution < -0.4 is 0 Å². The number of carbonyl (C=O) groups is 1. The molecule has 1 aromatic rings. The Morgan fingerprint density at radius 3 is 2.65 bits per heavy atom. The molecule has 5 nitrogen and oxygen atoms in total. The van der Waals surface area contributed by atoms with Crippen molar-refractivity contribution < 1.29 is 23.4 Å². The summed E-state index contributed by atoms with van der Waals surface area (Å²) in [5.41, 5.74) is -0.952. The molecule has 0 radical (unpaired) electrons. The minimum Gasteiger partial charge on any atom is -0.497 e. The summed E-state index contributed by atoms with van der Waals surface area (Å²) in [6, 6.07) is 2.10. The van der Waals surface area contributed by atoms with Gasteiger partial charge in [-0.25, -0.2) is 0 Å². The molecule has 3 saturated heterocycles. The van der Waals surface area contributed by atoms with Crippen LogP contribution in [0.2, 0.25) is 0 Å². The van der Waals surface area contributed by atoms with E-state index in [2.05, 4.69) is 45.9 Å². The Bertz CT molecular complexity index is 1130. The second kappa shape index (κ2) is 4.47. The highest BCUT2D eigenvalue weighted by atomic mass is 16.6. The quantitative estimate of drug-likeness (QED) is 0.639. The molecule has 0 amide bonds. The summed E-state index contributed by atoms with van der Waals surface area (Å²) in [5.74, 6) is 1.55. The lowest BCUT2D eigenvalue weighted by molar-refractivity contribution is -0.151. The molecule has 31 heavy (non-hydrogen) atoms. The van der Waals surface area contributed by atoms with Gasteiger partial charge in [0.05, 0.1) is 47.9 Å². The highest BCUT2D eigenvalue weighted by Gasteiger charge is 2.96. The fourth-order valence-electron chi connectivity index (χ4n) is 9.87. The normalized spacial score (nSPS) is 61.4. The van der Waals surface area contributed by atoms with E-state index in [-0.39, 0.29) is 40.3 Å². The molecule has 0 bridgehead atoms. The van der Waals surface area contributed by atoms with E-state index >= 15 is 0 Å². The second-order valence-electron chi connectivity index (χ2n) is 12.0. The largest absolute Gasteiger partial charge is 0.497 e. The molecular formula is C26H28O5. The van der Waals surface area contributed by atoms with Gasteiger partial charge in [0.1, 0.15) is 11.2 Å². The number of rotatable bonds is 1. The predicted molar refractivity (Wildman–Crippen MR) is 110 cm³/mol. The molecular weight excluding hydrogens is 392 g/mol. The van der Waals surface area contributed by atoms with Gasteiger partial charge in [-0.1, -0.05) is 26.8 Å². The van der Waals surface area contributed by atoms with E-state index in [0.717, 1.165) is 18.6 Å². The number of hydrogen-bond donors (Lipinski definition) is 0. The van der Waals surface area contributed by atoms with Gasteiger partial charge in [-0.2, -0.15) is 0 Å². The van der Waals surface area contributed by atoms with Gasteiger partial charge < -0.3 is 18.6 Å². The van der Waals surface area contributed by atoms with Gasteiger partial charge in [-0.15, -0.1) is 0 Å². The lowest BCUT2D eigenvalue weighted by Gasteiger charge is -2.60. The molecule has 162 valence electrons. The van der Waals surface area contributed by atoms with Crippen LogP contribution in [0.5, 0.6) is 0 Å². The fourth-order valence-corrected chi connectivity index (χ4v) is 9.87. The number of ketones is 1. The first-order valence-electron chi connectivity index (χ1n) is 11.6. The monoisotopic (exact) mass is 420 g/mol. The van der Waals surface area contributed by atoms with E-state index in [0.29, 0.717) is 12.5 Å². The van der Waals surface area contributed by atoms with Gasteiger partial charge in [-0.3, -0.25) is 4.79 Å². The first kappa shape index (κ1) is 17.7. The van der Waals surface area contributed by atoms with E-state index in [4.69, 9.17) is 18.6 Å². The lowest BCUT2D eigenvalue weighted by Crippen LogP contribution is -2.70. The van der Waals surface area contributed by atoms with Crippen LogP contribution in [0.25, 0.3) is 0 Å². The molecule has 0 aromatic carbocycles. The number of furan rings is 1. The van der Waals surface area contributed by atoms with Crippen LogP contribution in [-0.2, 0) is 19.0 Å². The van der Waals surface area contributed by atoms with Crippen LogP contribution in [0.1, 0.15) is 52.0 Å². The fraction of sp³-hybridized carbons (Fsp3) is 0.654. The zero-order valence-electron chi connectivity index (χ0n) is 18.4. The topological polar surface area (TPSA) is 64.5 Å². The SMILES string of the molecule is C[C@@]12C=C3OC[C@@]4(C)C=CC(=O)[C@@](C)([C@@H]34)[C@@]13O[C@H]3C[C@@]1(C)[C@H](c3ccoc3)C[C@H]3O[C@@]321. The number of ether oxygens (including phenoxy) is 3. The summed E-state index contributed by atoms with van der Waals surface area (Å²) in [4.78, 5) is 13.7. The highest BCUT2D eigenvalue weighted by molar-refractivity contribution is 5.99. The van der Waals surface area contributed by atoms with Crippen LogP contribution in [-0.4, -0.2) is 35.8 Å². The molecule has 10 atom stereocenters. The van der Waals surface area contributed by atoms with Crippen LogP contribution in [0, 0.1) is 27.6 Å². The molecule has 3 aliphatic heterocycles. The third kappa shape index (κ3) is 1.40. The van der Waals surface area contributed by atoms with Crippen molar-refractivity contribution in [1.29, 1.82) is 0 Å². The van der Waals surface area contributed by atoms with Crippen LogP contribution >= 0.6 is 0 Å². The predicted octanol–water partition coefficient (Wildman–Crippen LogP) is 4.15. The van der Waals surface area contributed by atoms with E-state index < -0.39 is 16.4 Å². The minimum absolute atomic E-state index is 0.0274. The van der Waals surface area contributed by atoms with Crippen molar-refractivity contribution >= 4 is 5.78 Å². The maximum Gasteiger partial charge on any atom is 0.165 e. The van der Waals surface area contributed by atoms with Crippen LogP contribution in [0.3, 0.4) is 0 Å². The van der Waals surface area contributed by atoms with Crippen molar-refractivity contribution in [3.63, 3.8) is 0 Å². The summed E-state index contributed by atoms with van der Waals surface area (Å²) < 4.78 is 25.3. The molecule has 5 heteroatoms. The Hall–Kier alpha value is -1.85.